The second-order valence-electron chi connectivity index (χ2n) is 8.45. The molecule has 4 heterocycles. The second-order valence-corrected chi connectivity index (χ2v) is 9.06. The van der Waals surface area contributed by atoms with Gasteiger partial charge in [-0.25, -0.2) is 9.97 Å². The molecule has 0 radical (unpaired) electrons. The fraction of sp³-hybridized carbons (Fsp3) is 0.391. The van der Waals surface area contributed by atoms with Gasteiger partial charge < -0.3 is 14.2 Å². The van der Waals surface area contributed by atoms with Gasteiger partial charge in [0, 0.05) is 35.9 Å². The van der Waals surface area contributed by atoms with Crippen LogP contribution in [0.3, 0.4) is 0 Å². The number of ether oxygens (including phenoxy) is 1. The first-order valence-corrected chi connectivity index (χ1v) is 11.9. The summed E-state index contributed by atoms with van der Waals surface area (Å²) < 4.78 is 15.5. The first kappa shape index (κ1) is 21.4. The molecule has 0 N–H and O–H groups in total. The van der Waals surface area contributed by atoms with Gasteiger partial charge in [0.25, 0.3) is 0 Å². The van der Waals surface area contributed by atoms with Crippen LogP contribution in [-0.4, -0.2) is 42.8 Å². The molecule has 0 aliphatic carbocycles. The van der Waals surface area contributed by atoms with Crippen molar-refractivity contribution in [2.45, 2.75) is 45.4 Å². The average molecular weight is 464 g/mol. The minimum atomic E-state index is 0.269. The number of anilines is 1. The standard InChI is InChI=1S/C23H25N7O2S/c1-14(2)20-26-23(32-28-20)17-8-10-30(11-9-17)21-15(3)22(25-13-24-21)31-18-6-4-16(5-7-18)19-12-33-29-27-19/h4-7,12-14,17H,8-11H2,1-3H3. The van der Waals surface area contributed by atoms with Gasteiger partial charge in [0.2, 0.25) is 11.8 Å². The second kappa shape index (κ2) is 9.22. The van der Waals surface area contributed by atoms with Crippen molar-refractivity contribution in [1.82, 2.24) is 29.7 Å². The lowest BCUT2D eigenvalue weighted by Crippen LogP contribution is -2.34. The summed E-state index contributed by atoms with van der Waals surface area (Å²) in [6.45, 7) is 7.86. The molecular weight excluding hydrogens is 438 g/mol. The lowest BCUT2D eigenvalue weighted by atomic mass is 9.96. The van der Waals surface area contributed by atoms with Crippen molar-refractivity contribution in [3.63, 3.8) is 0 Å². The molecule has 0 saturated carbocycles. The molecule has 0 amide bonds. The van der Waals surface area contributed by atoms with Gasteiger partial charge in [-0.1, -0.05) is 23.5 Å². The first-order valence-electron chi connectivity index (χ1n) is 11.0. The summed E-state index contributed by atoms with van der Waals surface area (Å²) in [5, 5.41) is 10.1. The Morgan fingerprint density at radius 1 is 1.12 bits per heavy atom. The van der Waals surface area contributed by atoms with Crippen molar-refractivity contribution in [1.29, 1.82) is 0 Å². The van der Waals surface area contributed by atoms with E-state index in [9.17, 15) is 0 Å². The summed E-state index contributed by atoms with van der Waals surface area (Å²) in [5.41, 5.74) is 2.78. The largest absolute Gasteiger partial charge is 0.439 e. The van der Waals surface area contributed by atoms with E-state index in [4.69, 9.17) is 9.26 Å². The molecule has 0 unspecified atom stereocenters. The minimum Gasteiger partial charge on any atom is -0.439 e. The molecule has 4 aromatic rings. The smallest absolute Gasteiger partial charge is 0.229 e. The maximum absolute atomic E-state index is 6.08. The third-order valence-electron chi connectivity index (χ3n) is 5.85. The van der Waals surface area contributed by atoms with Crippen LogP contribution in [0.15, 0.2) is 40.5 Å². The van der Waals surface area contributed by atoms with E-state index in [-0.39, 0.29) is 11.8 Å². The average Bonchev–Trinajstić information content (AvgIpc) is 3.54. The van der Waals surface area contributed by atoms with Gasteiger partial charge in [0.05, 0.1) is 5.56 Å². The fourth-order valence-electron chi connectivity index (χ4n) is 3.93. The summed E-state index contributed by atoms with van der Waals surface area (Å²) in [6, 6.07) is 7.77. The summed E-state index contributed by atoms with van der Waals surface area (Å²) in [5.74, 6) is 4.25. The van der Waals surface area contributed by atoms with Gasteiger partial charge in [-0.15, -0.1) is 5.10 Å². The highest BCUT2D eigenvalue weighted by Crippen LogP contribution is 2.34. The number of piperidine rings is 1. The Kier molecular flexibility index (Phi) is 5.99. The van der Waals surface area contributed by atoms with E-state index >= 15 is 0 Å². The summed E-state index contributed by atoms with van der Waals surface area (Å²) >= 11 is 1.33. The van der Waals surface area contributed by atoms with Gasteiger partial charge in [-0.2, -0.15) is 4.98 Å². The van der Waals surface area contributed by atoms with Gasteiger partial charge in [0.1, 0.15) is 23.6 Å². The van der Waals surface area contributed by atoms with Crippen LogP contribution in [0.1, 0.15) is 55.8 Å². The molecule has 0 bridgehead atoms. The monoisotopic (exact) mass is 463 g/mol. The molecule has 170 valence electrons. The zero-order valence-corrected chi connectivity index (χ0v) is 19.6. The van der Waals surface area contributed by atoms with Crippen molar-refractivity contribution in [3.8, 4) is 22.9 Å². The SMILES string of the molecule is Cc1c(Oc2ccc(-c3csnn3)cc2)ncnc1N1CCC(c2nc(C(C)C)no2)CC1. The van der Waals surface area contributed by atoms with Crippen molar-refractivity contribution in [2.75, 3.05) is 18.0 Å². The first-order chi connectivity index (χ1) is 16.1. The van der Waals surface area contributed by atoms with Crippen LogP contribution in [0.5, 0.6) is 11.6 Å². The predicted molar refractivity (Wildman–Crippen MR) is 125 cm³/mol. The van der Waals surface area contributed by atoms with Crippen molar-refractivity contribution in [3.05, 3.63) is 53.3 Å². The maximum atomic E-state index is 6.08. The summed E-state index contributed by atoms with van der Waals surface area (Å²) in [7, 11) is 0. The van der Waals surface area contributed by atoms with Gasteiger partial charge in [0.15, 0.2) is 5.82 Å². The zero-order chi connectivity index (χ0) is 22.8. The number of hydrogen-bond acceptors (Lipinski definition) is 10. The lowest BCUT2D eigenvalue weighted by molar-refractivity contribution is 0.325. The van der Waals surface area contributed by atoms with Crippen LogP contribution >= 0.6 is 11.5 Å². The summed E-state index contributed by atoms with van der Waals surface area (Å²) in [4.78, 5) is 15.8. The van der Waals surface area contributed by atoms with Gasteiger partial charge in [-0.3, -0.25) is 0 Å². The third-order valence-corrected chi connectivity index (χ3v) is 6.36. The quantitative estimate of drug-likeness (QED) is 0.391. The van der Waals surface area contributed by atoms with E-state index in [2.05, 4.69) is 48.4 Å². The normalized spacial score (nSPS) is 14.7. The third kappa shape index (κ3) is 4.56. The Morgan fingerprint density at radius 3 is 2.58 bits per heavy atom. The molecule has 0 atom stereocenters. The highest BCUT2D eigenvalue weighted by molar-refractivity contribution is 7.03. The number of hydrogen-bond donors (Lipinski definition) is 0. The molecule has 9 nitrogen and oxygen atoms in total. The molecule has 1 aromatic carbocycles. The van der Waals surface area contributed by atoms with Crippen LogP contribution in [0, 0.1) is 6.92 Å². The van der Waals surface area contributed by atoms with E-state index in [1.165, 1.54) is 11.5 Å². The van der Waals surface area contributed by atoms with Gasteiger partial charge >= 0.3 is 0 Å². The Morgan fingerprint density at radius 2 is 1.91 bits per heavy atom. The Hall–Kier alpha value is -3.40. The molecule has 10 heteroatoms. The highest BCUT2D eigenvalue weighted by atomic mass is 32.1. The van der Waals surface area contributed by atoms with Crippen molar-refractivity contribution < 1.29 is 9.26 Å². The molecule has 1 aliphatic rings. The molecule has 33 heavy (non-hydrogen) atoms. The van der Waals surface area contributed by atoms with E-state index in [1.54, 1.807) is 6.33 Å². The van der Waals surface area contributed by atoms with E-state index in [1.807, 2.05) is 36.6 Å². The fourth-order valence-corrected chi connectivity index (χ4v) is 4.39. The van der Waals surface area contributed by atoms with Crippen LogP contribution in [0.4, 0.5) is 5.82 Å². The Labute approximate surface area is 196 Å². The van der Waals surface area contributed by atoms with E-state index in [0.29, 0.717) is 11.6 Å². The number of benzene rings is 1. The van der Waals surface area contributed by atoms with Gasteiger partial charge in [-0.05, 0) is 55.6 Å². The Balaban J connectivity index is 1.26. The Bertz CT molecular complexity index is 1200. The molecule has 5 rings (SSSR count). The molecule has 3 aromatic heterocycles. The van der Waals surface area contributed by atoms with Crippen LogP contribution in [-0.2, 0) is 0 Å². The van der Waals surface area contributed by atoms with Crippen LogP contribution in [0.2, 0.25) is 0 Å². The molecule has 1 aliphatic heterocycles. The maximum Gasteiger partial charge on any atom is 0.229 e. The molecular formula is C23H25N7O2S. The topological polar surface area (TPSA) is 103 Å². The van der Waals surface area contributed by atoms with E-state index < -0.39 is 0 Å². The van der Waals surface area contributed by atoms with Crippen molar-refractivity contribution in [2.24, 2.45) is 0 Å². The summed E-state index contributed by atoms with van der Waals surface area (Å²) in [6.07, 6.45) is 3.44. The number of nitrogens with zero attached hydrogens (tertiary/aromatic N) is 7. The van der Waals surface area contributed by atoms with E-state index in [0.717, 1.165) is 60.3 Å². The molecule has 1 saturated heterocycles. The molecule has 0 spiro atoms. The zero-order valence-electron chi connectivity index (χ0n) is 18.8. The van der Waals surface area contributed by atoms with Crippen LogP contribution < -0.4 is 9.64 Å². The predicted octanol–water partition coefficient (Wildman–Crippen LogP) is 4.99. The minimum absolute atomic E-state index is 0.269. The number of rotatable bonds is 6. The highest BCUT2D eigenvalue weighted by Gasteiger charge is 2.27. The lowest BCUT2D eigenvalue weighted by Gasteiger charge is -2.32. The molecule has 1 fully saturated rings. The number of aromatic nitrogens is 6. The van der Waals surface area contributed by atoms with Crippen LogP contribution in [0.25, 0.3) is 11.3 Å². The van der Waals surface area contributed by atoms with Crippen molar-refractivity contribution >= 4 is 17.4 Å².